The lowest BCUT2D eigenvalue weighted by atomic mass is 10.1. The van der Waals surface area contributed by atoms with Gasteiger partial charge < -0.3 is 10.1 Å². The summed E-state index contributed by atoms with van der Waals surface area (Å²) in [4.78, 5) is 12.7. The van der Waals surface area contributed by atoms with Crippen molar-refractivity contribution >= 4 is 29.3 Å². The van der Waals surface area contributed by atoms with Crippen LogP contribution in [0.2, 0.25) is 5.02 Å². The number of carbonyl (C=O) groups excluding carboxylic acids is 1. The first-order valence-electron chi connectivity index (χ1n) is 9.84. The van der Waals surface area contributed by atoms with Gasteiger partial charge >= 0.3 is 0 Å². The van der Waals surface area contributed by atoms with Gasteiger partial charge in [-0.15, -0.1) is 0 Å². The van der Waals surface area contributed by atoms with Gasteiger partial charge in [0.2, 0.25) is 0 Å². The molecule has 0 aliphatic carbocycles. The van der Waals surface area contributed by atoms with Crippen LogP contribution in [0, 0.1) is 32.1 Å². The summed E-state index contributed by atoms with van der Waals surface area (Å²) in [6.45, 7) is 6.28. The number of nitrogens with zero attached hydrogens (tertiary/aromatic N) is 1. The van der Waals surface area contributed by atoms with E-state index in [2.05, 4.69) is 5.32 Å². The molecule has 0 spiro atoms. The van der Waals surface area contributed by atoms with Gasteiger partial charge in [0.05, 0.1) is 0 Å². The summed E-state index contributed by atoms with van der Waals surface area (Å²) < 4.78 is 5.96. The molecule has 0 fully saturated rings. The fourth-order valence-electron chi connectivity index (χ4n) is 3.17. The Balaban J connectivity index is 1.84. The average Bonchev–Trinajstić information content (AvgIpc) is 2.73. The Morgan fingerprint density at radius 1 is 1.06 bits per heavy atom. The molecule has 3 rings (SSSR count). The lowest BCUT2D eigenvalue weighted by Crippen LogP contribution is -2.14. The lowest BCUT2D eigenvalue weighted by Gasteiger charge is -2.12. The second kappa shape index (κ2) is 9.97. The number of aryl methyl sites for hydroxylation is 3. The molecular formula is C26H23ClN2O2. The quantitative estimate of drug-likeness (QED) is 0.364. The summed E-state index contributed by atoms with van der Waals surface area (Å²) in [5, 5.41) is 12.9. The second-order valence-electron chi connectivity index (χ2n) is 7.40. The zero-order valence-corrected chi connectivity index (χ0v) is 18.5. The zero-order valence-electron chi connectivity index (χ0n) is 17.7. The molecule has 0 aliphatic rings. The van der Waals surface area contributed by atoms with Gasteiger partial charge in [0.1, 0.15) is 24.0 Å². The molecule has 0 heterocycles. The highest BCUT2D eigenvalue weighted by Crippen LogP contribution is 2.27. The third-order valence-electron chi connectivity index (χ3n) is 4.74. The summed E-state index contributed by atoms with van der Waals surface area (Å²) in [7, 11) is 0. The number of nitriles is 1. The highest BCUT2D eigenvalue weighted by atomic mass is 35.5. The first-order valence-corrected chi connectivity index (χ1v) is 10.2. The Kier molecular flexibility index (Phi) is 7.12. The molecule has 156 valence electrons. The van der Waals surface area contributed by atoms with E-state index in [-0.39, 0.29) is 5.57 Å². The van der Waals surface area contributed by atoms with Gasteiger partial charge in [0.25, 0.3) is 5.91 Å². The maximum absolute atomic E-state index is 12.7. The first-order chi connectivity index (χ1) is 14.9. The molecule has 0 aliphatic heterocycles. The van der Waals surface area contributed by atoms with E-state index < -0.39 is 5.91 Å². The van der Waals surface area contributed by atoms with Crippen LogP contribution in [0.1, 0.15) is 27.8 Å². The molecule has 0 saturated heterocycles. The van der Waals surface area contributed by atoms with Crippen LogP contribution in [0.25, 0.3) is 6.08 Å². The van der Waals surface area contributed by atoms with Crippen molar-refractivity contribution in [3.05, 3.63) is 99.1 Å². The lowest BCUT2D eigenvalue weighted by molar-refractivity contribution is -0.112. The van der Waals surface area contributed by atoms with E-state index in [0.29, 0.717) is 28.6 Å². The van der Waals surface area contributed by atoms with Crippen molar-refractivity contribution in [2.24, 2.45) is 0 Å². The number of anilines is 1. The Hall–Kier alpha value is -3.55. The number of halogens is 1. The summed E-state index contributed by atoms with van der Waals surface area (Å²) in [6.07, 6.45) is 1.50. The molecule has 4 nitrogen and oxygen atoms in total. The number of hydrogen-bond donors (Lipinski definition) is 1. The predicted molar refractivity (Wildman–Crippen MR) is 125 cm³/mol. The van der Waals surface area contributed by atoms with Crippen molar-refractivity contribution in [2.45, 2.75) is 27.4 Å². The van der Waals surface area contributed by atoms with Crippen LogP contribution in [-0.2, 0) is 11.4 Å². The van der Waals surface area contributed by atoms with Gasteiger partial charge in [-0.05, 0) is 62.2 Å². The number of nitrogens with one attached hydrogen (secondary N) is 1. The monoisotopic (exact) mass is 430 g/mol. The third-order valence-corrected chi connectivity index (χ3v) is 4.98. The Bertz CT molecular complexity index is 1190. The molecule has 3 aromatic carbocycles. The zero-order chi connectivity index (χ0) is 22.4. The van der Waals surface area contributed by atoms with Gasteiger partial charge in [-0.1, -0.05) is 59.1 Å². The van der Waals surface area contributed by atoms with Crippen LogP contribution in [0.4, 0.5) is 5.69 Å². The van der Waals surface area contributed by atoms with Crippen molar-refractivity contribution in [3.8, 4) is 11.8 Å². The first kappa shape index (κ1) is 22.1. The van der Waals surface area contributed by atoms with E-state index in [4.69, 9.17) is 16.3 Å². The maximum atomic E-state index is 12.7. The maximum Gasteiger partial charge on any atom is 0.266 e. The van der Waals surface area contributed by atoms with Gasteiger partial charge in [0, 0.05) is 16.3 Å². The number of hydrogen-bond acceptors (Lipinski definition) is 3. The van der Waals surface area contributed by atoms with Crippen LogP contribution >= 0.6 is 11.6 Å². The fraction of sp³-hybridized carbons (Fsp3) is 0.154. The standard InChI is InChI=1S/C26H23ClN2O2/c1-17-5-4-6-20(12-17)16-31-25-10-8-23(27)14-21(25)13-22(15-28)26(30)29-24-9-7-18(2)11-19(24)3/h4-14H,16H2,1-3H3,(H,29,30)/b22-13+. The van der Waals surface area contributed by atoms with E-state index >= 15 is 0 Å². The molecule has 0 unspecified atom stereocenters. The summed E-state index contributed by atoms with van der Waals surface area (Å²) in [5.74, 6) is 0.0528. The van der Waals surface area contributed by atoms with Crippen molar-refractivity contribution < 1.29 is 9.53 Å². The fourth-order valence-corrected chi connectivity index (χ4v) is 3.35. The third kappa shape index (κ3) is 5.97. The van der Waals surface area contributed by atoms with E-state index in [9.17, 15) is 10.1 Å². The Morgan fingerprint density at radius 3 is 2.55 bits per heavy atom. The minimum atomic E-state index is -0.487. The number of carbonyl (C=O) groups is 1. The molecule has 0 aromatic heterocycles. The molecule has 0 saturated carbocycles. The number of benzene rings is 3. The van der Waals surface area contributed by atoms with Gasteiger partial charge in [0.15, 0.2) is 0 Å². The van der Waals surface area contributed by atoms with E-state index in [0.717, 1.165) is 22.3 Å². The smallest absolute Gasteiger partial charge is 0.266 e. The highest BCUT2D eigenvalue weighted by molar-refractivity contribution is 6.30. The van der Waals surface area contributed by atoms with Crippen LogP contribution < -0.4 is 10.1 Å². The van der Waals surface area contributed by atoms with Crippen molar-refractivity contribution in [1.29, 1.82) is 5.26 Å². The largest absolute Gasteiger partial charge is 0.488 e. The summed E-state index contributed by atoms with van der Waals surface area (Å²) in [6, 6.07) is 20.8. The average molecular weight is 431 g/mol. The Labute approximate surface area is 187 Å². The molecule has 1 N–H and O–H groups in total. The molecule has 5 heteroatoms. The van der Waals surface area contributed by atoms with Gasteiger partial charge in [-0.3, -0.25) is 4.79 Å². The van der Waals surface area contributed by atoms with Crippen LogP contribution in [0.5, 0.6) is 5.75 Å². The molecule has 0 bridgehead atoms. The van der Waals surface area contributed by atoms with E-state index in [1.165, 1.54) is 6.08 Å². The highest BCUT2D eigenvalue weighted by Gasteiger charge is 2.13. The minimum Gasteiger partial charge on any atom is -0.488 e. The van der Waals surface area contributed by atoms with Crippen LogP contribution in [0.15, 0.2) is 66.2 Å². The molecule has 1 amide bonds. The molecule has 0 radical (unpaired) electrons. The van der Waals surface area contributed by atoms with Crippen molar-refractivity contribution in [1.82, 2.24) is 0 Å². The number of ether oxygens (including phenoxy) is 1. The van der Waals surface area contributed by atoms with Crippen LogP contribution in [-0.4, -0.2) is 5.91 Å². The van der Waals surface area contributed by atoms with Gasteiger partial charge in [-0.25, -0.2) is 0 Å². The number of amides is 1. The number of rotatable bonds is 6. The van der Waals surface area contributed by atoms with Gasteiger partial charge in [-0.2, -0.15) is 5.26 Å². The van der Waals surface area contributed by atoms with Crippen molar-refractivity contribution in [2.75, 3.05) is 5.32 Å². The minimum absolute atomic E-state index is 0.0392. The van der Waals surface area contributed by atoms with Crippen molar-refractivity contribution in [3.63, 3.8) is 0 Å². The molecular weight excluding hydrogens is 408 g/mol. The molecule has 3 aromatic rings. The SMILES string of the molecule is Cc1cccc(COc2ccc(Cl)cc2/C=C(\C#N)C(=O)Nc2ccc(C)cc2C)c1. The second-order valence-corrected chi connectivity index (χ2v) is 7.84. The molecule has 31 heavy (non-hydrogen) atoms. The topological polar surface area (TPSA) is 62.1 Å². The normalized spacial score (nSPS) is 11.0. The van der Waals surface area contributed by atoms with E-state index in [1.54, 1.807) is 18.2 Å². The summed E-state index contributed by atoms with van der Waals surface area (Å²) in [5.41, 5.74) is 5.38. The summed E-state index contributed by atoms with van der Waals surface area (Å²) >= 11 is 6.16. The van der Waals surface area contributed by atoms with E-state index in [1.807, 2.05) is 69.3 Å². The Morgan fingerprint density at radius 2 is 1.84 bits per heavy atom. The molecule has 0 atom stereocenters. The predicted octanol–water partition coefficient (Wildman–Crippen LogP) is 6.39. The van der Waals surface area contributed by atoms with Crippen LogP contribution in [0.3, 0.4) is 0 Å².